The van der Waals surface area contributed by atoms with Gasteiger partial charge in [-0.2, -0.15) is 0 Å². The molecule has 2 aromatic rings. The number of rotatable bonds is 8. The average Bonchev–Trinajstić information content (AvgIpc) is 3.06. The van der Waals surface area contributed by atoms with Crippen molar-refractivity contribution in [2.45, 2.75) is 26.7 Å². The fraction of sp³-hybridized carbons (Fsp3) is 0.304. The van der Waals surface area contributed by atoms with Gasteiger partial charge in [0.25, 0.3) is 5.91 Å². The second-order valence-corrected chi connectivity index (χ2v) is 8.18. The standard InChI is InChI=1S/C23H24ClFN2O3S/c1-4-6-11-31-23-26-19(12-15-7-10-20(30-5-2)21(13-15)29-3)22(28)27(23)16-8-9-18(25)17(24)14-16/h7-10,12-14H,4-6,11H2,1-3H3. The van der Waals surface area contributed by atoms with E-state index in [1.54, 1.807) is 25.3 Å². The zero-order chi connectivity index (χ0) is 22.4. The summed E-state index contributed by atoms with van der Waals surface area (Å²) in [4.78, 5) is 19.3. The van der Waals surface area contributed by atoms with Gasteiger partial charge in [0.15, 0.2) is 16.7 Å². The highest BCUT2D eigenvalue weighted by atomic mass is 35.5. The molecule has 0 aliphatic carbocycles. The Bertz CT molecular complexity index is 1030. The summed E-state index contributed by atoms with van der Waals surface area (Å²) in [5.41, 5.74) is 1.52. The lowest BCUT2D eigenvalue weighted by Crippen LogP contribution is -2.30. The smallest absolute Gasteiger partial charge is 0.283 e. The number of hydrogen-bond acceptors (Lipinski definition) is 5. The third-order valence-corrected chi connectivity index (χ3v) is 5.83. The fourth-order valence-electron chi connectivity index (χ4n) is 2.96. The maximum Gasteiger partial charge on any atom is 0.283 e. The molecule has 3 rings (SSSR count). The second kappa shape index (κ2) is 10.7. The van der Waals surface area contributed by atoms with Gasteiger partial charge in [0.05, 0.1) is 24.4 Å². The number of carbonyl (C=O) groups is 1. The Morgan fingerprint density at radius 1 is 1.19 bits per heavy atom. The number of amides is 1. The van der Waals surface area contributed by atoms with E-state index in [1.165, 1.54) is 34.9 Å². The number of amidine groups is 1. The quantitative estimate of drug-likeness (QED) is 0.348. The molecule has 0 fully saturated rings. The molecule has 0 bridgehead atoms. The minimum Gasteiger partial charge on any atom is -0.493 e. The van der Waals surface area contributed by atoms with Crippen molar-refractivity contribution in [1.29, 1.82) is 0 Å². The van der Waals surface area contributed by atoms with E-state index in [2.05, 4.69) is 11.9 Å². The first-order chi connectivity index (χ1) is 15.0. The van der Waals surface area contributed by atoms with E-state index in [1.807, 2.05) is 13.0 Å². The summed E-state index contributed by atoms with van der Waals surface area (Å²) in [6.07, 6.45) is 3.72. The fourth-order valence-corrected chi connectivity index (χ4v) is 4.23. The normalized spacial score (nSPS) is 14.9. The van der Waals surface area contributed by atoms with Gasteiger partial charge in [0.2, 0.25) is 0 Å². The van der Waals surface area contributed by atoms with Crippen molar-refractivity contribution in [2.75, 3.05) is 24.4 Å². The molecule has 8 heteroatoms. The monoisotopic (exact) mass is 462 g/mol. The third-order valence-electron chi connectivity index (χ3n) is 4.51. The van der Waals surface area contributed by atoms with Crippen LogP contribution in [0.25, 0.3) is 6.08 Å². The zero-order valence-corrected chi connectivity index (χ0v) is 19.2. The Balaban J connectivity index is 1.96. The van der Waals surface area contributed by atoms with Gasteiger partial charge in [-0.25, -0.2) is 9.38 Å². The molecule has 0 spiro atoms. The number of ether oxygens (including phenoxy) is 2. The molecule has 0 saturated heterocycles. The molecular formula is C23H24ClFN2O3S. The van der Waals surface area contributed by atoms with E-state index < -0.39 is 5.82 Å². The van der Waals surface area contributed by atoms with Crippen molar-refractivity contribution in [2.24, 2.45) is 4.99 Å². The van der Waals surface area contributed by atoms with Crippen LogP contribution in [0.3, 0.4) is 0 Å². The van der Waals surface area contributed by atoms with Crippen LogP contribution < -0.4 is 14.4 Å². The minimum absolute atomic E-state index is 0.0445. The molecule has 2 aromatic carbocycles. The van der Waals surface area contributed by atoms with Crippen molar-refractivity contribution in [3.8, 4) is 11.5 Å². The van der Waals surface area contributed by atoms with Gasteiger partial charge >= 0.3 is 0 Å². The molecule has 0 unspecified atom stereocenters. The molecule has 0 atom stereocenters. The number of hydrogen-bond donors (Lipinski definition) is 0. The summed E-state index contributed by atoms with van der Waals surface area (Å²) >= 11 is 7.44. The van der Waals surface area contributed by atoms with E-state index in [0.29, 0.717) is 29.0 Å². The summed E-state index contributed by atoms with van der Waals surface area (Å²) < 4.78 is 24.6. The molecule has 164 valence electrons. The van der Waals surface area contributed by atoms with Crippen LogP contribution in [-0.4, -0.2) is 30.5 Å². The highest BCUT2D eigenvalue weighted by Gasteiger charge is 2.32. The summed E-state index contributed by atoms with van der Waals surface area (Å²) in [7, 11) is 1.57. The Kier molecular flexibility index (Phi) is 7.98. The average molecular weight is 463 g/mol. The molecule has 0 radical (unpaired) electrons. The lowest BCUT2D eigenvalue weighted by molar-refractivity contribution is -0.113. The summed E-state index contributed by atoms with van der Waals surface area (Å²) in [5.74, 6) is 1.19. The van der Waals surface area contributed by atoms with Crippen LogP contribution in [0.4, 0.5) is 10.1 Å². The largest absolute Gasteiger partial charge is 0.493 e. The van der Waals surface area contributed by atoms with E-state index in [-0.39, 0.29) is 16.6 Å². The molecule has 31 heavy (non-hydrogen) atoms. The molecule has 0 aromatic heterocycles. The molecule has 1 heterocycles. The minimum atomic E-state index is -0.536. The molecule has 0 saturated carbocycles. The molecule has 1 aliphatic rings. The van der Waals surface area contributed by atoms with Gasteiger partial charge in [-0.3, -0.25) is 9.69 Å². The zero-order valence-electron chi connectivity index (χ0n) is 17.7. The van der Waals surface area contributed by atoms with Gasteiger partial charge in [0, 0.05) is 5.75 Å². The predicted octanol–water partition coefficient (Wildman–Crippen LogP) is 6.16. The number of benzene rings is 2. The Morgan fingerprint density at radius 3 is 2.68 bits per heavy atom. The summed E-state index contributed by atoms with van der Waals surface area (Å²) in [6, 6.07) is 9.64. The first-order valence-electron chi connectivity index (χ1n) is 10.0. The van der Waals surface area contributed by atoms with Crippen molar-refractivity contribution >= 4 is 46.2 Å². The lowest BCUT2D eigenvalue weighted by Gasteiger charge is -2.18. The Morgan fingerprint density at radius 2 is 2.00 bits per heavy atom. The highest BCUT2D eigenvalue weighted by molar-refractivity contribution is 8.14. The number of anilines is 1. The number of unbranched alkanes of at least 4 members (excludes halogenated alkanes) is 1. The van der Waals surface area contributed by atoms with Crippen LogP contribution in [0.2, 0.25) is 5.02 Å². The third kappa shape index (κ3) is 5.40. The number of thioether (sulfide) groups is 1. The molecular weight excluding hydrogens is 439 g/mol. The van der Waals surface area contributed by atoms with Crippen LogP contribution in [0.15, 0.2) is 47.1 Å². The van der Waals surface area contributed by atoms with Gasteiger partial charge in [-0.1, -0.05) is 42.8 Å². The maximum absolute atomic E-state index is 13.6. The van der Waals surface area contributed by atoms with Crippen molar-refractivity contribution in [1.82, 2.24) is 0 Å². The number of nitrogens with zero attached hydrogens (tertiary/aromatic N) is 2. The van der Waals surface area contributed by atoms with E-state index in [4.69, 9.17) is 21.1 Å². The van der Waals surface area contributed by atoms with Gasteiger partial charge in [0.1, 0.15) is 11.5 Å². The number of halogens is 2. The van der Waals surface area contributed by atoms with Gasteiger partial charge in [-0.05, 0) is 55.3 Å². The molecule has 1 aliphatic heterocycles. The van der Waals surface area contributed by atoms with Gasteiger partial charge < -0.3 is 9.47 Å². The van der Waals surface area contributed by atoms with Gasteiger partial charge in [-0.15, -0.1) is 0 Å². The van der Waals surface area contributed by atoms with E-state index >= 15 is 0 Å². The summed E-state index contributed by atoms with van der Waals surface area (Å²) in [6.45, 7) is 4.52. The van der Waals surface area contributed by atoms with Crippen LogP contribution in [0.5, 0.6) is 11.5 Å². The number of carbonyl (C=O) groups excluding carboxylic acids is 1. The van der Waals surface area contributed by atoms with Crippen molar-refractivity contribution in [3.05, 3.63) is 58.5 Å². The SMILES string of the molecule is CCCCSC1=NC(=Cc2ccc(OCC)c(OC)c2)C(=O)N1c1ccc(F)c(Cl)c1. The molecule has 1 amide bonds. The highest BCUT2D eigenvalue weighted by Crippen LogP contribution is 2.33. The lowest BCUT2D eigenvalue weighted by atomic mass is 10.1. The van der Waals surface area contributed by atoms with Crippen molar-refractivity contribution < 1.29 is 18.7 Å². The predicted molar refractivity (Wildman–Crippen MR) is 126 cm³/mol. The van der Waals surface area contributed by atoms with Crippen LogP contribution in [0.1, 0.15) is 32.3 Å². The van der Waals surface area contributed by atoms with Crippen LogP contribution in [-0.2, 0) is 4.79 Å². The van der Waals surface area contributed by atoms with E-state index in [0.717, 1.165) is 24.2 Å². The Labute approximate surface area is 190 Å². The molecule has 0 N–H and O–H groups in total. The summed E-state index contributed by atoms with van der Waals surface area (Å²) in [5, 5.41) is 0.502. The Hall–Kier alpha value is -2.51. The number of methoxy groups -OCH3 is 1. The maximum atomic E-state index is 13.6. The van der Waals surface area contributed by atoms with E-state index in [9.17, 15) is 9.18 Å². The van der Waals surface area contributed by atoms with Crippen molar-refractivity contribution in [3.63, 3.8) is 0 Å². The topological polar surface area (TPSA) is 51.1 Å². The number of aliphatic imine (C=N–C) groups is 1. The molecule has 5 nitrogen and oxygen atoms in total. The van der Waals surface area contributed by atoms with Crippen LogP contribution >= 0.6 is 23.4 Å². The second-order valence-electron chi connectivity index (χ2n) is 6.71. The first-order valence-corrected chi connectivity index (χ1v) is 11.4. The first kappa shape index (κ1) is 23.2. The van der Waals surface area contributed by atoms with Crippen LogP contribution in [0, 0.1) is 5.82 Å².